The lowest BCUT2D eigenvalue weighted by atomic mass is 9.93. The van der Waals surface area contributed by atoms with Crippen LogP contribution in [0, 0.1) is 11.8 Å². The molecule has 2 saturated heterocycles. The Morgan fingerprint density at radius 3 is 2.70 bits per heavy atom. The molecular weight excluding hydrogens is 314 g/mol. The van der Waals surface area contributed by atoms with E-state index < -0.39 is 10.0 Å². The molecule has 3 atom stereocenters. The van der Waals surface area contributed by atoms with Crippen LogP contribution in [0.1, 0.15) is 25.7 Å². The first-order valence-corrected chi connectivity index (χ1v) is 10.4. The van der Waals surface area contributed by atoms with Gasteiger partial charge in [-0.3, -0.25) is 9.58 Å². The lowest BCUT2D eigenvalue weighted by Gasteiger charge is -2.37. The third-order valence-electron chi connectivity index (χ3n) is 5.63. The molecule has 1 aromatic rings. The van der Waals surface area contributed by atoms with Crippen LogP contribution in [0.25, 0.3) is 0 Å². The predicted molar refractivity (Wildman–Crippen MR) is 86.2 cm³/mol. The Labute approximate surface area is 137 Å². The molecule has 3 heterocycles. The number of piperidine rings is 1. The molecule has 2 aliphatic heterocycles. The Bertz CT molecular complexity index is 643. The van der Waals surface area contributed by atoms with Crippen molar-refractivity contribution < 1.29 is 8.42 Å². The summed E-state index contributed by atoms with van der Waals surface area (Å²) >= 11 is 0. The molecule has 128 valence electrons. The lowest BCUT2D eigenvalue weighted by Crippen LogP contribution is -2.49. The zero-order chi connectivity index (χ0) is 16.0. The molecule has 0 aromatic carbocycles. The minimum atomic E-state index is -3.07. The molecule has 1 saturated carbocycles. The van der Waals surface area contributed by atoms with Gasteiger partial charge in [-0.05, 0) is 37.5 Å². The van der Waals surface area contributed by atoms with Crippen LogP contribution in [0.5, 0.6) is 0 Å². The monoisotopic (exact) mass is 339 g/mol. The summed E-state index contributed by atoms with van der Waals surface area (Å²) in [6, 6.07) is 0.980. The van der Waals surface area contributed by atoms with E-state index in [0.29, 0.717) is 31.1 Å². The van der Waals surface area contributed by atoms with E-state index in [2.05, 4.69) is 15.0 Å². The first kappa shape index (κ1) is 15.5. The van der Waals surface area contributed by atoms with E-state index in [-0.39, 0.29) is 0 Å². The normalized spacial score (nSPS) is 33.0. The van der Waals surface area contributed by atoms with Gasteiger partial charge in [-0.15, -0.1) is 0 Å². The van der Waals surface area contributed by atoms with Gasteiger partial charge in [0.15, 0.2) is 0 Å². The summed E-state index contributed by atoms with van der Waals surface area (Å²) < 4.78 is 27.3. The van der Waals surface area contributed by atoms with E-state index in [9.17, 15) is 8.42 Å². The van der Waals surface area contributed by atoms with Crippen molar-refractivity contribution in [3.05, 3.63) is 12.7 Å². The van der Waals surface area contributed by atoms with Gasteiger partial charge in [0.1, 0.15) is 12.7 Å². The van der Waals surface area contributed by atoms with Crippen LogP contribution >= 0.6 is 0 Å². The fourth-order valence-corrected chi connectivity index (χ4v) is 5.22. The maximum Gasteiger partial charge on any atom is 0.211 e. The number of likely N-dealkylation sites (tertiary alicyclic amines) is 1. The van der Waals surface area contributed by atoms with Crippen LogP contribution in [0.15, 0.2) is 12.7 Å². The van der Waals surface area contributed by atoms with Crippen molar-refractivity contribution in [3.8, 4) is 0 Å². The molecule has 1 aliphatic carbocycles. The van der Waals surface area contributed by atoms with Crippen molar-refractivity contribution in [3.63, 3.8) is 0 Å². The second kappa shape index (κ2) is 5.82. The summed E-state index contributed by atoms with van der Waals surface area (Å²) in [7, 11) is -3.07. The molecule has 7 nitrogen and oxygen atoms in total. The third kappa shape index (κ3) is 3.29. The van der Waals surface area contributed by atoms with Crippen LogP contribution < -0.4 is 0 Å². The van der Waals surface area contributed by atoms with E-state index in [0.717, 1.165) is 25.3 Å². The van der Waals surface area contributed by atoms with E-state index in [1.807, 2.05) is 4.68 Å². The molecule has 23 heavy (non-hydrogen) atoms. The van der Waals surface area contributed by atoms with Gasteiger partial charge in [0.25, 0.3) is 0 Å². The second-order valence-corrected chi connectivity index (χ2v) is 9.37. The maximum absolute atomic E-state index is 11.9. The van der Waals surface area contributed by atoms with E-state index >= 15 is 0 Å². The zero-order valence-corrected chi connectivity index (χ0v) is 14.4. The van der Waals surface area contributed by atoms with Gasteiger partial charge < -0.3 is 0 Å². The Balaban J connectivity index is 1.50. The highest BCUT2D eigenvalue weighted by atomic mass is 32.2. The quantitative estimate of drug-likeness (QED) is 0.777. The minimum Gasteiger partial charge on any atom is -0.295 e. The molecule has 0 bridgehead atoms. The number of rotatable bonds is 5. The molecule has 8 heteroatoms. The van der Waals surface area contributed by atoms with Gasteiger partial charge in [0.2, 0.25) is 10.0 Å². The van der Waals surface area contributed by atoms with Crippen molar-refractivity contribution in [2.24, 2.45) is 11.8 Å². The van der Waals surface area contributed by atoms with E-state index in [4.69, 9.17) is 0 Å². The topological polar surface area (TPSA) is 71.3 Å². The summed E-state index contributed by atoms with van der Waals surface area (Å²) in [5.41, 5.74) is 0. The fraction of sp³-hybridized carbons (Fsp3) is 0.867. The number of hydrogen-bond donors (Lipinski definition) is 0. The summed E-state index contributed by atoms with van der Waals surface area (Å²) in [5.74, 6) is 1.30. The van der Waals surface area contributed by atoms with Crippen LogP contribution in [-0.2, 0) is 16.6 Å². The average molecular weight is 339 g/mol. The highest BCUT2D eigenvalue weighted by Gasteiger charge is 2.46. The van der Waals surface area contributed by atoms with Crippen molar-refractivity contribution in [1.29, 1.82) is 0 Å². The molecular formula is C15H25N5O2S. The molecule has 0 radical (unpaired) electrons. The van der Waals surface area contributed by atoms with Crippen molar-refractivity contribution in [1.82, 2.24) is 24.0 Å². The number of sulfonamides is 1. The first-order chi connectivity index (χ1) is 11.0. The van der Waals surface area contributed by atoms with Crippen molar-refractivity contribution in [2.45, 2.75) is 44.3 Å². The highest BCUT2D eigenvalue weighted by molar-refractivity contribution is 7.88. The number of nitrogens with zero attached hydrogens (tertiary/aromatic N) is 5. The molecule has 4 rings (SSSR count). The van der Waals surface area contributed by atoms with Crippen molar-refractivity contribution >= 4 is 10.0 Å². The molecule has 0 N–H and O–H groups in total. The Hall–Kier alpha value is -0.990. The van der Waals surface area contributed by atoms with Crippen LogP contribution in [0.2, 0.25) is 0 Å². The molecule has 1 aromatic heterocycles. The fourth-order valence-electron chi connectivity index (χ4n) is 4.32. The molecule has 3 fully saturated rings. The van der Waals surface area contributed by atoms with Gasteiger partial charge in [0, 0.05) is 31.7 Å². The molecule has 0 unspecified atom stereocenters. The summed E-state index contributed by atoms with van der Waals surface area (Å²) in [6.45, 7) is 3.37. The standard InChI is InChI=1S/C15H25N5O2S/c1-23(21,22)19-5-4-15-13(8-19)6-14(9-18-11-16-10-17-18)20(15)7-12-2-3-12/h10-15H,2-9H2,1H3/t13-,14+,15+/m1/s1. The van der Waals surface area contributed by atoms with Crippen LogP contribution in [-0.4, -0.2) is 70.4 Å². The number of fused-ring (bicyclic) bond motifs is 1. The Morgan fingerprint density at radius 2 is 2.04 bits per heavy atom. The van der Waals surface area contributed by atoms with Crippen LogP contribution in [0.3, 0.4) is 0 Å². The zero-order valence-electron chi connectivity index (χ0n) is 13.6. The SMILES string of the molecule is CS(=O)(=O)N1CC[C@H]2[C@H](C[C@@H](Cn3cncn3)N2CC2CC2)C1. The molecule has 0 spiro atoms. The largest absolute Gasteiger partial charge is 0.295 e. The predicted octanol–water partition coefficient (Wildman–Crippen LogP) is 0.413. The summed E-state index contributed by atoms with van der Waals surface area (Å²) in [6.07, 6.45) is 9.40. The third-order valence-corrected chi connectivity index (χ3v) is 6.90. The van der Waals surface area contributed by atoms with Gasteiger partial charge in [-0.25, -0.2) is 17.7 Å². The van der Waals surface area contributed by atoms with Crippen LogP contribution in [0.4, 0.5) is 0 Å². The van der Waals surface area contributed by atoms with Gasteiger partial charge >= 0.3 is 0 Å². The minimum absolute atomic E-state index is 0.450. The number of aromatic nitrogens is 3. The highest BCUT2D eigenvalue weighted by Crippen LogP contribution is 2.40. The number of hydrogen-bond acceptors (Lipinski definition) is 5. The Morgan fingerprint density at radius 1 is 1.22 bits per heavy atom. The molecule has 3 aliphatic rings. The summed E-state index contributed by atoms with van der Waals surface area (Å²) in [5, 5.41) is 4.25. The van der Waals surface area contributed by atoms with Gasteiger partial charge in [-0.1, -0.05) is 0 Å². The van der Waals surface area contributed by atoms with E-state index in [1.165, 1.54) is 25.6 Å². The van der Waals surface area contributed by atoms with Gasteiger partial charge in [-0.2, -0.15) is 5.10 Å². The van der Waals surface area contributed by atoms with Gasteiger partial charge in [0.05, 0.1) is 12.8 Å². The Kier molecular flexibility index (Phi) is 3.93. The smallest absolute Gasteiger partial charge is 0.211 e. The van der Waals surface area contributed by atoms with Crippen molar-refractivity contribution in [2.75, 3.05) is 25.9 Å². The maximum atomic E-state index is 11.9. The summed E-state index contributed by atoms with van der Waals surface area (Å²) in [4.78, 5) is 6.70. The average Bonchev–Trinajstić information content (AvgIpc) is 3.04. The van der Waals surface area contributed by atoms with E-state index in [1.54, 1.807) is 17.0 Å². The molecule has 0 amide bonds. The first-order valence-electron chi connectivity index (χ1n) is 8.54. The lowest BCUT2D eigenvalue weighted by molar-refractivity contribution is 0.121. The second-order valence-electron chi connectivity index (χ2n) is 7.38.